The molecule has 0 heterocycles. The molecular weight excluding hydrogens is 256 g/mol. The monoisotopic (exact) mass is 274 g/mol. The molecule has 1 heteroatoms. The molecule has 0 saturated carbocycles. The first-order valence-electron chi connectivity index (χ1n) is 7.14. The van der Waals surface area contributed by atoms with Gasteiger partial charge in [0, 0.05) is 0 Å². The van der Waals surface area contributed by atoms with Crippen LogP contribution in [0, 0.1) is 6.92 Å². The van der Waals surface area contributed by atoms with Crippen LogP contribution < -0.4 is 0 Å². The zero-order valence-corrected chi connectivity index (χ0v) is 12.0. The summed E-state index contributed by atoms with van der Waals surface area (Å²) in [7, 11) is 0. The number of hydrogen-bond acceptors (Lipinski definition) is 1. The Labute approximate surface area is 125 Å². The summed E-state index contributed by atoms with van der Waals surface area (Å²) >= 11 is 0. The molecule has 3 aromatic rings. The van der Waals surface area contributed by atoms with Crippen molar-refractivity contribution in [2.75, 3.05) is 0 Å². The molecule has 1 atom stereocenters. The standard InChI is InChI=1S/C20H18O/c1-15-11-13-16(14-12-15)18-9-5-6-10-19(18)20(21)17-7-3-2-4-8-17/h2-14,20-21H,1H3. The maximum absolute atomic E-state index is 10.7. The molecule has 1 N–H and O–H groups in total. The molecule has 0 saturated heterocycles. The molecule has 0 bridgehead atoms. The lowest BCUT2D eigenvalue weighted by Gasteiger charge is -2.16. The molecule has 0 fully saturated rings. The number of hydrogen-bond donors (Lipinski definition) is 1. The van der Waals surface area contributed by atoms with Crippen molar-refractivity contribution in [1.82, 2.24) is 0 Å². The minimum absolute atomic E-state index is 0.608. The number of aliphatic hydroxyl groups is 1. The summed E-state index contributed by atoms with van der Waals surface area (Å²) in [6, 6.07) is 26.2. The lowest BCUT2D eigenvalue weighted by molar-refractivity contribution is 0.221. The van der Waals surface area contributed by atoms with Crippen molar-refractivity contribution in [3.05, 3.63) is 95.6 Å². The van der Waals surface area contributed by atoms with Crippen LogP contribution >= 0.6 is 0 Å². The highest BCUT2D eigenvalue weighted by molar-refractivity contribution is 5.68. The SMILES string of the molecule is Cc1ccc(-c2ccccc2C(O)c2ccccc2)cc1. The van der Waals surface area contributed by atoms with Crippen molar-refractivity contribution in [3.8, 4) is 11.1 Å². The van der Waals surface area contributed by atoms with E-state index in [0.717, 1.165) is 22.3 Å². The van der Waals surface area contributed by atoms with Gasteiger partial charge in [0.25, 0.3) is 0 Å². The summed E-state index contributed by atoms with van der Waals surface area (Å²) in [5.41, 5.74) is 5.30. The highest BCUT2D eigenvalue weighted by Gasteiger charge is 2.14. The fourth-order valence-corrected chi connectivity index (χ4v) is 2.55. The predicted molar refractivity (Wildman–Crippen MR) is 87.1 cm³/mol. The first kappa shape index (κ1) is 13.6. The molecular formula is C20H18O. The Morgan fingerprint density at radius 1 is 0.714 bits per heavy atom. The zero-order chi connectivity index (χ0) is 14.7. The molecule has 0 radical (unpaired) electrons. The van der Waals surface area contributed by atoms with E-state index in [2.05, 4.69) is 37.3 Å². The van der Waals surface area contributed by atoms with E-state index in [0.29, 0.717) is 0 Å². The van der Waals surface area contributed by atoms with Gasteiger partial charge in [0.05, 0.1) is 0 Å². The maximum Gasteiger partial charge on any atom is 0.105 e. The summed E-state index contributed by atoms with van der Waals surface area (Å²) in [6.07, 6.45) is -0.608. The summed E-state index contributed by atoms with van der Waals surface area (Å²) < 4.78 is 0. The molecule has 1 nitrogen and oxygen atoms in total. The molecule has 3 aromatic carbocycles. The lowest BCUT2D eigenvalue weighted by atomic mass is 9.92. The second-order valence-corrected chi connectivity index (χ2v) is 5.27. The van der Waals surface area contributed by atoms with Crippen molar-refractivity contribution >= 4 is 0 Å². The van der Waals surface area contributed by atoms with Gasteiger partial charge >= 0.3 is 0 Å². The highest BCUT2D eigenvalue weighted by Crippen LogP contribution is 2.31. The Bertz CT molecular complexity index is 714. The third kappa shape index (κ3) is 2.88. The molecule has 104 valence electrons. The minimum Gasteiger partial charge on any atom is -0.384 e. The van der Waals surface area contributed by atoms with Gasteiger partial charge in [-0.15, -0.1) is 0 Å². The van der Waals surface area contributed by atoms with Crippen LogP contribution in [-0.4, -0.2) is 5.11 Å². The smallest absolute Gasteiger partial charge is 0.105 e. The van der Waals surface area contributed by atoms with E-state index in [1.807, 2.05) is 48.5 Å². The van der Waals surface area contributed by atoms with Crippen molar-refractivity contribution < 1.29 is 5.11 Å². The van der Waals surface area contributed by atoms with Crippen LogP contribution in [0.15, 0.2) is 78.9 Å². The fourth-order valence-electron chi connectivity index (χ4n) is 2.55. The second kappa shape index (κ2) is 5.94. The number of aliphatic hydroxyl groups excluding tert-OH is 1. The zero-order valence-electron chi connectivity index (χ0n) is 12.0. The van der Waals surface area contributed by atoms with E-state index in [1.54, 1.807) is 0 Å². The van der Waals surface area contributed by atoms with Crippen molar-refractivity contribution in [2.45, 2.75) is 13.0 Å². The normalized spacial score (nSPS) is 12.1. The number of rotatable bonds is 3. The van der Waals surface area contributed by atoms with Gasteiger partial charge in [0.15, 0.2) is 0 Å². The third-order valence-corrected chi connectivity index (χ3v) is 3.73. The molecule has 1 unspecified atom stereocenters. The molecule has 0 aliphatic heterocycles. The molecule has 0 aliphatic rings. The Morgan fingerprint density at radius 3 is 2.05 bits per heavy atom. The van der Waals surface area contributed by atoms with Crippen LogP contribution in [0.1, 0.15) is 22.8 Å². The van der Waals surface area contributed by atoms with Crippen LogP contribution in [0.2, 0.25) is 0 Å². The van der Waals surface area contributed by atoms with Crippen LogP contribution in [0.25, 0.3) is 11.1 Å². The van der Waals surface area contributed by atoms with Gasteiger partial charge < -0.3 is 5.11 Å². The van der Waals surface area contributed by atoms with Crippen LogP contribution in [0.5, 0.6) is 0 Å². The van der Waals surface area contributed by atoms with Crippen molar-refractivity contribution in [2.24, 2.45) is 0 Å². The Morgan fingerprint density at radius 2 is 1.33 bits per heavy atom. The van der Waals surface area contributed by atoms with Gasteiger partial charge in [-0.25, -0.2) is 0 Å². The number of benzene rings is 3. The molecule has 3 rings (SSSR count). The van der Waals surface area contributed by atoms with Gasteiger partial charge in [0.1, 0.15) is 6.10 Å². The molecule has 0 spiro atoms. The quantitative estimate of drug-likeness (QED) is 0.731. The second-order valence-electron chi connectivity index (χ2n) is 5.27. The van der Waals surface area contributed by atoms with Gasteiger partial charge in [-0.3, -0.25) is 0 Å². The van der Waals surface area contributed by atoms with E-state index in [1.165, 1.54) is 5.56 Å². The van der Waals surface area contributed by atoms with Gasteiger partial charge in [-0.1, -0.05) is 84.4 Å². The maximum atomic E-state index is 10.7. The third-order valence-electron chi connectivity index (χ3n) is 3.73. The van der Waals surface area contributed by atoms with Crippen molar-refractivity contribution in [1.29, 1.82) is 0 Å². The predicted octanol–water partition coefficient (Wildman–Crippen LogP) is 4.74. The van der Waals surface area contributed by atoms with Gasteiger partial charge in [0.2, 0.25) is 0 Å². The number of aryl methyl sites for hydroxylation is 1. The fraction of sp³-hybridized carbons (Fsp3) is 0.100. The average molecular weight is 274 g/mol. The lowest BCUT2D eigenvalue weighted by Crippen LogP contribution is -2.01. The van der Waals surface area contributed by atoms with E-state index in [9.17, 15) is 5.11 Å². The van der Waals surface area contributed by atoms with Gasteiger partial charge in [-0.05, 0) is 29.2 Å². The Hall–Kier alpha value is -2.38. The van der Waals surface area contributed by atoms with E-state index in [-0.39, 0.29) is 0 Å². The highest BCUT2D eigenvalue weighted by atomic mass is 16.3. The first-order chi connectivity index (χ1) is 10.3. The van der Waals surface area contributed by atoms with Crippen LogP contribution in [0.4, 0.5) is 0 Å². The molecule has 0 amide bonds. The molecule has 21 heavy (non-hydrogen) atoms. The summed E-state index contributed by atoms with van der Waals surface area (Å²) in [5, 5.41) is 10.7. The topological polar surface area (TPSA) is 20.2 Å². The average Bonchev–Trinajstić information content (AvgIpc) is 2.56. The van der Waals surface area contributed by atoms with Crippen LogP contribution in [-0.2, 0) is 0 Å². The van der Waals surface area contributed by atoms with Crippen molar-refractivity contribution in [3.63, 3.8) is 0 Å². The molecule has 0 aliphatic carbocycles. The summed E-state index contributed by atoms with van der Waals surface area (Å²) in [4.78, 5) is 0. The summed E-state index contributed by atoms with van der Waals surface area (Å²) in [6.45, 7) is 2.08. The first-order valence-corrected chi connectivity index (χ1v) is 7.14. The molecule has 0 aromatic heterocycles. The summed E-state index contributed by atoms with van der Waals surface area (Å²) in [5.74, 6) is 0. The van der Waals surface area contributed by atoms with E-state index >= 15 is 0 Å². The van der Waals surface area contributed by atoms with Crippen LogP contribution in [0.3, 0.4) is 0 Å². The van der Waals surface area contributed by atoms with E-state index in [4.69, 9.17) is 0 Å². The van der Waals surface area contributed by atoms with E-state index < -0.39 is 6.10 Å². The van der Waals surface area contributed by atoms with Gasteiger partial charge in [-0.2, -0.15) is 0 Å². The Balaban J connectivity index is 2.06. The largest absolute Gasteiger partial charge is 0.384 e. The Kier molecular flexibility index (Phi) is 3.85. The minimum atomic E-state index is -0.608.